The molecule has 0 aromatic heterocycles. The number of carbonyl (C=O) groups is 1. The molecule has 3 nitrogen and oxygen atoms in total. The van der Waals surface area contributed by atoms with E-state index in [1.165, 1.54) is 12.8 Å². The Morgan fingerprint density at radius 1 is 1.21 bits per heavy atom. The number of hydrogen-bond acceptors (Lipinski definition) is 3. The molecule has 4 heteroatoms. The van der Waals surface area contributed by atoms with Crippen molar-refractivity contribution in [2.24, 2.45) is 0 Å². The van der Waals surface area contributed by atoms with Crippen LogP contribution in [-0.2, 0) is 8.98 Å². The highest BCUT2D eigenvalue weighted by Gasteiger charge is 1.80. The van der Waals surface area contributed by atoms with Crippen molar-refractivity contribution in [3.05, 3.63) is 0 Å². The van der Waals surface area contributed by atoms with E-state index in [0.717, 1.165) is 38.8 Å². The number of unbranched alkanes of at least 4 members (excludes halogenated alkanes) is 3. The summed E-state index contributed by atoms with van der Waals surface area (Å²) in [6.45, 7) is 5.86. The van der Waals surface area contributed by atoms with Gasteiger partial charge < -0.3 is 9.50 Å². The molecule has 0 aromatic carbocycles. The van der Waals surface area contributed by atoms with E-state index < -0.39 is 0 Å². The molecule has 1 N–H and O–H groups in total. The molecule has 0 bridgehead atoms. The molecule has 0 aliphatic carbocycles. The monoisotopic (exact) mass is 221 g/mol. The molecular weight excluding hydrogens is 198 g/mol. The van der Waals surface area contributed by atoms with Gasteiger partial charge in [0, 0.05) is 6.54 Å². The van der Waals surface area contributed by atoms with Gasteiger partial charge in [-0.1, -0.05) is 33.1 Å². The number of nitrogens with one attached hydrogen (secondary N) is 1. The summed E-state index contributed by atoms with van der Waals surface area (Å²) in [4.78, 5) is 9.57. The zero-order chi connectivity index (χ0) is 11.1. The summed E-state index contributed by atoms with van der Waals surface area (Å²) in [5, 5.41) is 2.57. The van der Waals surface area contributed by atoms with Gasteiger partial charge in [0.2, 0.25) is 6.41 Å². The van der Waals surface area contributed by atoms with Gasteiger partial charge in [-0.2, -0.15) is 0 Å². The Morgan fingerprint density at radius 2 is 1.86 bits per heavy atom. The van der Waals surface area contributed by atoms with E-state index in [9.17, 15) is 4.79 Å². The Kier molecular flexibility index (Phi) is 21.5. The third kappa shape index (κ3) is 22.6. The van der Waals surface area contributed by atoms with Crippen molar-refractivity contribution in [1.82, 2.24) is 5.32 Å². The third-order valence-electron chi connectivity index (χ3n) is 1.60. The molecule has 0 rings (SSSR count). The summed E-state index contributed by atoms with van der Waals surface area (Å²) >= 11 is 3.59. The lowest BCUT2D eigenvalue weighted by Crippen LogP contribution is -2.11. The standard InChI is InChI=1S/C5H11NO.C5H12OS/c1-2-3-4-6-5-7;1-2-3-4-5-6-7/h5H,2-4H2,1H3,(H,6,7);7H,2-5H2,1H3. The first-order chi connectivity index (χ1) is 6.83. The number of carbonyl (C=O) groups excluding carboxylic acids is 1. The minimum Gasteiger partial charge on any atom is -0.359 e. The second kappa shape index (κ2) is 18.5. The number of thiol groups is 1. The van der Waals surface area contributed by atoms with Crippen LogP contribution in [0.25, 0.3) is 0 Å². The van der Waals surface area contributed by atoms with E-state index in [2.05, 4.69) is 36.3 Å². The van der Waals surface area contributed by atoms with Crippen molar-refractivity contribution >= 4 is 19.3 Å². The molecule has 0 spiro atoms. The first kappa shape index (κ1) is 16.2. The van der Waals surface area contributed by atoms with Crippen LogP contribution in [0.4, 0.5) is 0 Å². The minimum absolute atomic E-state index is 0.732. The van der Waals surface area contributed by atoms with E-state index in [1.54, 1.807) is 0 Å². The molecule has 0 aromatic rings. The zero-order valence-electron chi connectivity index (χ0n) is 9.29. The second-order valence-electron chi connectivity index (χ2n) is 2.97. The molecular formula is C10H23NO2S. The van der Waals surface area contributed by atoms with Crippen LogP contribution < -0.4 is 5.32 Å². The predicted molar refractivity (Wildman–Crippen MR) is 63.4 cm³/mol. The van der Waals surface area contributed by atoms with Gasteiger partial charge >= 0.3 is 0 Å². The molecule has 86 valence electrons. The summed E-state index contributed by atoms with van der Waals surface area (Å²) in [6.07, 6.45) is 6.59. The molecule has 0 saturated heterocycles. The van der Waals surface area contributed by atoms with Crippen LogP contribution >= 0.6 is 12.9 Å². The fraction of sp³-hybridized carbons (Fsp3) is 0.900. The van der Waals surface area contributed by atoms with Crippen LogP contribution in [0.1, 0.15) is 46.0 Å². The number of rotatable bonds is 8. The highest BCUT2D eigenvalue weighted by Crippen LogP contribution is 1.94. The Bertz CT molecular complexity index is 98.1. The van der Waals surface area contributed by atoms with Crippen molar-refractivity contribution in [3.8, 4) is 0 Å². The number of amides is 1. The topological polar surface area (TPSA) is 38.3 Å². The predicted octanol–water partition coefficient (Wildman–Crippen LogP) is 2.57. The van der Waals surface area contributed by atoms with Crippen molar-refractivity contribution in [1.29, 1.82) is 0 Å². The molecule has 0 atom stereocenters. The molecule has 0 aliphatic heterocycles. The molecule has 0 fully saturated rings. The Balaban J connectivity index is 0. The van der Waals surface area contributed by atoms with Gasteiger partial charge in [0.05, 0.1) is 6.61 Å². The van der Waals surface area contributed by atoms with Crippen molar-refractivity contribution in [2.45, 2.75) is 46.0 Å². The molecule has 0 saturated carbocycles. The Morgan fingerprint density at radius 3 is 2.29 bits per heavy atom. The SMILES string of the molecule is CCCCCOS.CCCCNC=O. The first-order valence-electron chi connectivity index (χ1n) is 5.26. The maximum absolute atomic E-state index is 9.57. The smallest absolute Gasteiger partial charge is 0.207 e. The van der Waals surface area contributed by atoms with Gasteiger partial charge in [0.1, 0.15) is 0 Å². The van der Waals surface area contributed by atoms with Crippen LogP contribution in [0.3, 0.4) is 0 Å². The summed E-state index contributed by atoms with van der Waals surface area (Å²) in [5.74, 6) is 0. The third-order valence-corrected chi connectivity index (χ3v) is 1.78. The normalized spacial score (nSPS) is 8.79. The molecule has 1 amide bonds. The molecule has 0 radical (unpaired) electrons. The highest BCUT2D eigenvalue weighted by atomic mass is 32.1. The van der Waals surface area contributed by atoms with E-state index in [0.29, 0.717) is 0 Å². The Hall–Kier alpha value is -0.220. The van der Waals surface area contributed by atoms with Crippen LogP contribution in [0.5, 0.6) is 0 Å². The van der Waals surface area contributed by atoms with Gasteiger partial charge in [0.15, 0.2) is 0 Å². The summed E-state index contributed by atoms with van der Waals surface area (Å²) in [5.41, 5.74) is 0. The molecule has 0 unspecified atom stereocenters. The largest absolute Gasteiger partial charge is 0.359 e. The molecule has 0 heterocycles. The van der Waals surface area contributed by atoms with Crippen molar-refractivity contribution in [2.75, 3.05) is 13.2 Å². The van der Waals surface area contributed by atoms with Crippen LogP contribution in [0.15, 0.2) is 0 Å². The quantitative estimate of drug-likeness (QED) is 0.286. The average Bonchev–Trinajstić information content (AvgIpc) is 2.21. The van der Waals surface area contributed by atoms with Gasteiger partial charge in [-0.3, -0.25) is 4.79 Å². The van der Waals surface area contributed by atoms with Gasteiger partial charge in [-0.05, 0) is 25.8 Å². The van der Waals surface area contributed by atoms with Crippen LogP contribution in [0, 0.1) is 0 Å². The second-order valence-corrected chi connectivity index (χ2v) is 3.22. The van der Waals surface area contributed by atoms with Crippen LogP contribution in [-0.4, -0.2) is 19.6 Å². The van der Waals surface area contributed by atoms with Crippen LogP contribution in [0.2, 0.25) is 0 Å². The molecule has 0 aliphatic rings. The summed E-state index contributed by atoms with van der Waals surface area (Å²) in [7, 11) is 0. The van der Waals surface area contributed by atoms with Gasteiger partial charge in [0.25, 0.3) is 0 Å². The minimum atomic E-state index is 0.732. The van der Waals surface area contributed by atoms with E-state index in [4.69, 9.17) is 0 Å². The maximum atomic E-state index is 9.57. The average molecular weight is 221 g/mol. The van der Waals surface area contributed by atoms with Gasteiger partial charge in [-0.25, -0.2) is 0 Å². The first-order valence-corrected chi connectivity index (χ1v) is 5.63. The van der Waals surface area contributed by atoms with Gasteiger partial charge in [-0.15, -0.1) is 0 Å². The van der Waals surface area contributed by atoms with E-state index >= 15 is 0 Å². The lowest BCUT2D eigenvalue weighted by Gasteiger charge is -1.91. The fourth-order valence-electron chi connectivity index (χ4n) is 0.754. The lowest BCUT2D eigenvalue weighted by atomic mass is 10.3. The highest BCUT2D eigenvalue weighted by molar-refractivity contribution is 7.75. The van der Waals surface area contributed by atoms with E-state index in [1.807, 2.05) is 0 Å². The Labute approximate surface area is 93.2 Å². The van der Waals surface area contributed by atoms with Crippen molar-refractivity contribution < 1.29 is 8.98 Å². The van der Waals surface area contributed by atoms with E-state index in [-0.39, 0.29) is 0 Å². The summed E-state index contributed by atoms with van der Waals surface area (Å²) < 4.78 is 4.54. The molecule has 14 heavy (non-hydrogen) atoms. The number of hydrogen-bond donors (Lipinski definition) is 2. The zero-order valence-corrected chi connectivity index (χ0v) is 10.2. The maximum Gasteiger partial charge on any atom is 0.207 e. The summed E-state index contributed by atoms with van der Waals surface area (Å²) in [6, 6.07) is 0. The lowest BCUT2D eigenvalue weighted by molar-refractivity contribution is -0.109. The van der Waals surface area contributed by atoms with Crippen molar-refractivity contribution in [3.63, 3.8) is 0 Å². The fourth-order valence-corrected chi connectivity index (χ4v) is 0.883.